The minimum atomic E-state index is 0.162. The molecule has 2 aromatic heterocycles. The van der Waals surface area contributed by atoms with E-state index in [-0.39, 0.29) is 11.8 Å². The lowest BCUT2D eigenvalue weighted by Gasteiger charge is -2.18. The van der Waals surface area contributed by atoms with Gasteiger partial charge in [0.05, 0.1) is 5.69 Å². The van der Waals surface area contributed by atoms with Crippen molar-refractivity contribution in [3.63, 3.8) is 0 Å². The number of anilines is 1. The van der Waals surface area contributed by atoms with E-state index < -0.39 is 0 Å². The van der Waals surface area contributed by atoms with Crippen LogP contribution in [0.4, 0.5) is 5.82 Å². The van der Waals surface area contributed by atoms with Crippen molar-refractivity contribution in [2.45, 2.75) is 32.8 Å². The van der Waals surface area contributed by atoms with Crippen LogP contribution in [0.25, 0.3) is 5.65 Å². The number of carbonyl (C=O) groups excluding carboxylic acids is 1. The number of benzene rings is 1. The summed E-state index contributed by atoms with van der Waals surface area (Å²) in [6, 6.07) is 11.4. The third-order valence-electron chi connectivity index (χ3n) is 4.88. The number of pyridine rings is 1. The Labute approximate surface area is 163 Å². The Morgan fingerprint density at radius 1 is 1.30 bits per heavy atom. The van der Waals surface area contributed by atoms with E-state index in [9.17, 15) is 4.79 Å². The van der Waals surface area contributed by atoms with Crippen molar-refractivity contribution in [1.82, 2.24) is 9.38 Å². The van der Waals surface area contributed by atoms with E-state index >= 15 is 0 Å². The highest BCUT2D eigenvalue weighted by Crippen LogP contribution is 2.34. The van der Waals surface area contributed by atoms with Crippen molar-refractivity contribution in [1.29, 1.82) is 0 Å². The van der Waals surface area contributed by atoms with Crippen molar-refractivity contribution < 1.29 is 9.53 Å². The molecule has 3 aromatic rings. The zero-order valence-electron chi connectivity index (χ0n) is 15.5. The van der Waals surface area contributed by atoms with Crippen molar-refractivity contribution in [3.05, 3.63) is 58.9 Å². The number of imidazole rings is 1. The summed E-state index contributed by atoms with van der Waals surface area (Å²) in [5, 5.41) is 0.703. The van der Waals surface area contributed by atoms with Crippen molar-refractivity contribution in [3.8, 4) is 5.75 Å². The molecule has 0 radical (unpaired) electrons. The number of halogens is 1. The van der Waals surface area contributed by atoms with E-state index in [0.29, 0.717) is 17.4 Å². The van der Waals surface area contributed by atoms with E-state index in [1.54, 1.807) is 4.90 Å². The second-order valence-corrected chi connectivity index (χ2v) is 7.32. The lowest BCUT2D eigenvalue weighted by Crippen LogP contribution is -2.29. The minimum absolute atomic E-state index is 0.162. The van der Waals surface area contributed by atoms with Crippen LogP contribution in [-0.4, -0.2) is 22.3 Å². The average molecular weight is 384 g/mol. The largest absolute Gasteiger partial charge is 0.485 e. The first-order valence-corrected chi connectivity index (χ1v) is 9.61. The maximum Gasteiger partial charge on any atom is 0.231 e. The molecular weight excluding hydrogens is 362 g/mol. The van der Waals surface area contributed by atoms with Gasteiger partial charge < -0.3 is 4.74 Å². The van der Waals surface area contributed by atoms with Gasteiger partial charge in [0.1, 0.15) is 12.4 Å². The van der Waals surface area contributed by atoms with Crippen LogP contribution in [0.2, 0.25) is 5.02 Å². The number of nitrogens with zero attached hydrogens (tertiary/aromatic N) is 3. The summed E-state index contributed by atoms with van der Waals surface area (Å²) < 4.78 is 7.98. The normalized spacial score (nSPS) is 13.7. The Bertz CT molecular complexity index is 977. The molecule has 27 heavy (non-hydrogen) atoms. The molecule has 1 amide bonds. The molecule has 1 fully saturated rings. The number of carbonyl (C=O) groups is 1. The Morgan fingerprint density at radius 3 is 2.70 bits per heavy atom. The molecule has 0 unspecified atom stereocenters. The highest BCUT2D eigenvalue weighted by Gasteiger charge is 2.34. The number of hydrogen-bond donors (Lipinski definition) is 0. The van der Waals surface area contributed by atoms with Gasteiger partial charge in [-0.1, -0.05) is 30.7 Å². The van der Waals surface area contributed by atoms with Gasteiger partial charge in [-0.15, -0.1) is 0 Å². The molecule has 1 aliphatic rings. The lowest BCUT2D eigenvalue weighted by molar-refractivity contribution is -0.119. The van der Waals surface area contributed by atoms with Gasteiger partial charge in [0.2, 0.25) is 5.91 Å². The first-order valence-electron chi connectivity index (χ1n) is 9.23. The standard InChI is InChI=1S/C21H22ClN3O2/c1-3-17-20(24(2)21(26)15-8-9-15)25-12-4-5-18(19(25)23-17)27-13-14-6-10-16(22)11-7-14/h4-7,10-12,15H,3,8-9,13H2,1-2H3. The maximum absolute atomic E-state index is 12.6. The SMILES string of the molecule is CCc1nc2c(OCc3ccc(Cl)cc3)cccn2c1N(C)C(=O)C1CC1. The second-order valence-electron chi connectivity index (χ2n) is 6.89. The van der Waals surface area contributed by atoms with Crippen molar-refractivity contribution in [2.24, 2.45) is 5.92 Å². The van der Waals surface area contributed by atoms with Crippen LogP contribution in [0.15, 0.2) is 42.6 Å². The van der Waals surface area contributed by atoms with Gasteiger partial charge in [-0.25, -0.2) is 4.98 Å². The zero-order valence-corrected chi connectivity index (χ0v) is 16.2. The fourth-order valence-corrected chi connectivity index (χ4v) is 3.36. The Hall–Kier alpha value is -2.53. The quantitative estimate of drug-likeness (QED) is 0.629. The zero-order chi connectivity index (χ0) is 19.0. The van der Waals surface area contributed by atoms with Crippen LogP contribution < -0.4 is 9.64 Å². The summed E-state index contributed by atoms with van der Waals surface area (Å²) in [6.45, 7) is 2.48. The van der Waals surface area contributed by atoms with Gasteiger partial charge in [0.25, 0.3) is 0 Å². The lowest BCUT2D eigenvalue weighted by atomic mass is 10.2. The average Bonchev–Trinajstić information content (AvgIpc) is 3.46. The molecule has 0 N–H and O–H groups in total. The molecule has 0 atom stereocenters. The van der Waals surface area contributed by atoms with E-state index in [2.05, 4.69) is 6.92 Å². The molecule has 1 aromatic carbocycles. The first-order chi connectivity index (χ1) is 13.1. The van der Waals surface area contributed by atoms with Gasteiger partial charge >= 0.3 is 0 Å². The molecule has 6 heteroatoms. The van der Waals surface area contributed by atoms with Crippen LogP contribution in [0.3, 0.4) is 0 Å². The molecule has 2 heterocycles. The Balaban J connectivity index is 1.66. The fourth-order valence-electron chi connectivity index (χ4n) is 3.23. The van der Waals surface area contributed by atoms with Gasteiger partial charge in [-0.3, -0.25) is 14.1 Å². The highest BCUT2D eigenvalue weighted by atomic mass is 35.5. The minimum Gasteiger partial charge on any atom is -0.485 e. The van der Waals surface area contributed by atoms with Crippen molar-refractivity contribution >= 4 is 29.0 Å². The predicted octanol–water partition coefficient (Wildman–Crippen LogP) is 4.50. The monoisotopic (exact) mass is 383 g/mol. The Kier molecular flexibility index (Phi) is 4.79. The molecule has 0 aliphatic heterocycles. The predicted molar refractivity (Wildman–Crippen MR) is 106 cm³/mol. The van der Waals surface area contributed by atoms with Gasteiger partial charge in [-0.2, -0.15) is 0 Å². The number of hydrogen-bond acceptors (Lipinski definition) is 3. The summed E-state index contributed by atoms with van der Waals surface area (Å²) in [7, 11) is 1.84. The summed E-state index contributed by atoms with van der Waals surface area (Å²) in [6.07, 6.45) is 4.65. The summed E-state index contributed by atoms with van der Waals surface area (Å²) in [4.78, 5) is 19.1. The van der Waals surface area contributed by atoms with E-state index in [1.807, 2.05) is 54.0 Å². The number of ether oxygens (including phenoxy) is 1. The van der Waals surface area contributed by atoms with Gasteiger partial charge in [-0.05, 0) is 49.1 Å². The first kappa shape index (κ1) is 17.9. The molecule has 1 saturated carbocycles. The van der Waals surface area contributed by atoms with E-state index in [0.717, 1.165) is 42.0 Å². The van der Waals surface area contributed by atoms with Crippen molar-refractivity contribution in [2.75, 3.05) is 11.9 Å². The third-order valence-corrected chi connectivity index (χ3v) is 5.13. The molecule has 0 spiro atoms. The summed E-state index contributed by atoms with van der Waals surface area (Å²) in [5.41, 5.74) is 2.66. The van der Waals surface area contributed by atoms with Crippen LogP contribution in [0, 0.1) is 5.92 Å². The smallest absolute Gasteiger partial charge is 0.231 e. The molecule has 5 nitrogen and oxygen atoms in total. The molecule has 4 rings (SSSR count). The molecular formula is C21H22ClN3O2. The van der Waals surface area contributed by atoms with Crippen LogP contribution in [-0.2, 0) is 17.8 Å². The molecule has 0 bridgehead atoms. The molecule has 140 valence electrons. The topological polar surface area (TPSA) is 46.8 Å². The van der Waals surface area contributed by atoms with Gasteiger partial charge in [0.15, 0.2) is 11.4 Å². The number of rotatable bonds is 6. The molecule has 0 saturated heterocycles. The highest BCUT2D eigenvalue weighted by molar-refractivity contribution is 6.30. The molecule has 1 aliphatic carbocycles. The maximum atomic E-state index is 12.6. The number of amides is 1. The van der Waals surface area contributed by atoms with Crippen LogP contribution >= 0.6 is 11.6 Å². The summed E-state index contributed by atoms with van der Waals surface area (Å²) >= 11 is 5.94. The number of fused-ring (bicyclic) bond motifs is 1. The third kappa shape index (κ3) is 3.52. The van der Waals surface area contributed by atoms with Gasteiger partial charge in [0, 0.05) is 24.2 Å². The van der Waals surface area contributed by atoms with E-state index in [1.165, 1.54) is 0 Å². The van der Waals surface area contributed by atoms with E-state index in [4.69, 9.17) is 21.3 Å². The summed E-state index contributed by atoms with van der Waals surface area (Å²) in [5.74, 6) is 1.86. The second kappa shape index (κ2) is 7.24. The number of aromatic nitrogens is 2. The Morgan fingerprint density at radius 2 is 2.04 bits per heavy atom. The fraction of sp³-hybridized carbons (Fsp3) is 0.333. The van der Waals surface area contributed by atoms with Crippen LogP contribution in [0.5, 0.6) is 5.75 Å². The number of aryl methyl sites for hydroxylation is 1. The van der Waals surface area contributed by atoms with Crippen LogP contribution in [0.1, 0.15) is 31.0 Å².